The van der Waals surface area contributed by atoms with Gasteiger partial charge in [0.25, 0.3) is 0 Å². The number of ether oxygens (including phenoxy) is 2. The van der Waals surface area contributed by atoms with Gasteiger partial charge < -0.3 is 18.9 Å². The Balaban J connectivity index is 1.33. The minimum atomic E-state index is -0.305. The van der Waals surface area contributed by atoms with Crippen molar-refractivity contribution < 1.29 is 23.2 Å². The van der Waals surface area contributed by atoms with Crippen LogP contribution in [0.1, 0.15) is 37.1 Å². The molecule has 1 aliphatic heterocycles. The Hall–Kier alpha value is -3.26. The molecule has 3 aromatic rings. The lowest BCUT2D eigenvalue weighted by Gasteiger charge is -2.25. The summed E-state index contributed by atoms with van der Waals surface area (Å²) in [5.41, 5.74) is 1.60. The molecule has 0 aliphatic carbocycles. The first-order valence-corrected chi connectivity index (χ1v) is 11.2. The zero-order valence-electron chi connectivity index (χ0n) is 18.7. The van der Waals surface area contributed by atoms with Gasteiger partial charge in [-0.15, -0.1) is 0 Å². The van der Waals surface area contributed by atoms with Gasteiger partial charge in [-0.05, 0) is 61.2 Å². The van der Waals surface area contributed by atoms with Crippen molar-refractivity contribution in [1.82, 2.24) is 15.0 Å². The maximum absolute atomic E-state index is 13.6. The second kappa shape index (κ2) is 11.0. The van der Waals surface area contributed by atoms with Crippen LogP contribution in [-0.2, 0) is 22.5 Å². The number of methoxy groups -OCH3 is 1. The predicted octanol–water partition coefficient (Wildman–Crippen LogP) is 4.41. The number of carbonyl (C=O) groups is 1. The molecular weight excluding hydrogens is 425 g/mol. The van der Waals surface area contributed by atoms with Crippen molar-refractivity contribution >= 4 is 5.91 Å². The van der Waals surface area contributed by atoms with Crippen molar-refractivity contribution in [2.75, 3.05) is 20.3 Å². The number of hydrogen-bond donors (Lipinski definition) is 0. The van der Waals surface area contributed by atoms with Gasteiger partial charge in [-0.25, -0.2) is 4.39 Å². The maximum atomic E-state index is 13.6. The molecule has 0 spiro atoms. The van der Waals surface area contributed by atoms with Gasteiger partial charge >= 0.3 is 0 Å². The van der Waals surface area contributed by atoms with Crippen molar-refractivity contribution in [3.05, 3.63) is 65.8 Å². The number of halogens is 1. The Morgan fingerprint density at radius 1 is 1.24 bits per heavy atom. The Labute approximate surface area is 192 Å². The Bertz CT molecular complexity index is 1050. The zero-order valence-corrected chi connectivity index (χ0v) is 18.7. The highest BCUT2D eigenvalue weighted by atomic mass is 19.1. The minimum absolute atomic E-state index is 0.00431. The smallest absolute Gasteiger partial charge is 0.226 e. The van der Waals surface area contributed by atoms with E-state index in [4.69, 9.17) is 14.0 Å². The van der Waals surface area contributed by atoms with Gasteiger partial charge in [0, 0.05) is 38.1 Å². The number of carbonyl (C=O) groups excluding carboxylic acids is 1. The van der Waals surface area contributed by atoms with Gasteiger partial charge in [-0.1, -0.05) is 17.3 Å². The van der Waals surface area contributed by atoms with E-state index in [1.807, 2.05) is 30.3 Å². The highest BCUT2D eigenvalue weighted by Crippen LogP contribution is 2.21. The molecular formula is C25H28FN3O4. The lowest BCUT2D eigenvalue weighted by Crippen LogP contribution is -2.36. The van der Waals surface area contributed by atoms with E-state index >= 15 is 0 Å². The molecule has 1 fully saturated rings. The highest BCUT2D eigenvalue weighted by molar-refractivity contribution is 5.76. The minimum Gasteiger partial charge on any atom is -0.497 e. The van der Waals surface area contributed by atoms with Crippen LogP contribution in [0.15, 0.2) is 53.1 Å². The van der Waals surface area contributed by atoms with E-state index < -0.39 is 0 Å². The number of benzene rings is 2. The van der Waals surface area contributed by atoms with Crippen molar-refractivity contribution in [3.63, 3.8) is 0 Å². The van der Waals surface area contributed by atoms with Crippen molar-refractivity contribution in [1.29, 1.82) is 0 Å². The molecule has 2 heterocycles. The Morgan fingerprint density at radius 3 is 2.82 bits per heavy atom. The molecule has 0 radical (unpaired) electrons. The molecule has 0 bridgehead atoms. The van der Waals surface area contributed by atoms with Crippen LogP contribution in [0.25, 0.3) is 11.4 Å². The normalized spacial score (nSPS) is 15.5. The van der Waals surface area contributed by atoms with Gasteiger partial charge in [0.05, 0.1) is 13.2 Å². The van der Waals surface area contributed by atoms with Crippen LogP contribution in [0.5, 0.6) is 5.75 Å². The van der Waals surface area contributed by atoms with E-state index in [9.17, 15) is 9.18 Å². The van der Waals surface area contributed by atoms with Gasteiger partial charge in [0.1, 0.15) is 11.6 Å². The van der Waals surface area contributed by atoms with E-state index in [0.29, 0.717) is 44.1 Å². The van der Waals surface area contributed by atoms with Crippen molar-refractivity contribution in [2.24, 2.45) is 0 Å². The summed E-state index contributed by atoms with van der Waals surface area (Å²) in [6.07, 6.45) is 3.38. The summed E-state index contributed by atoms with van der Waals surface area (Å²) in [7, 11) is 1.61. The summed E-state index contributed by atoms with van der Waals surface area (Å²) >= 11 is 0. The number of rotatable bonds is 10. The van der Waals surface area contributed by atoms with E-state index in [0.717, 1.165) is 36.3 Å². The molecule has 33 heavy (non-hydrogen) atoms. The number of aryl methyl sites for hydroxylation is 1. The van der Waals surface area contributed by atoms with Crippen LogP contribution in [0, 0.1) is 5.82 Å². The van der Waals surface area contributed by atoms with Gasteiger partial charge in [0.15, 0.2) is 0 Å². The highest BCUT2D eigenvalue weighted by Gasteiger charge is 2.23. The van der Waals surface area contributed by atoms with Gasteiger partial charge in [0.2, 0.25) is 17.6 Å². The first kappa shape index (κ1) is 22.9. The zero-order chi connectivity index (χ0) is 23.0. The topological polar surface area (TPSA) is 77.7 Å². The first-order valence-electron chi connectivity index (χ1n) is 11.2. The quantitative estimate of drug-likeness (QED) is 0.452. The fourth-order valence-electron chi connectivity index (χ4n) is 3.91. The van der Waals surface area contributed by atoms with Crippen LogP contribution >= 0.6 is 0 Å². The third kappa shape index (κ3) is 6.38. The lowest BCUT2D eigenvalue weighted by molar-refractivity contribution is -0.133. The van der Waals surface area contributed by atoms with Crippen LogP contribution in [0.4, 0.5) is 4.39 Å². The number of nitrogens with zero attached hydrogens (tertiary/aromatic N) is 3. The van der Waals surface area contributed by atoms with Crippen LogP contribution in [0.3, 0.4) is 0 Å². The molecule has 2 aromatic carbocycles. The largest absolute Gasteiger partial charge is 0.497 e. The van der Waals surface area contributed by atoms with Crippen molar-refractivity contribution in [2.45, 2.75) is 44.8 Å². The summed E-state index contributed by atoms with van der Waals surface area (Å²) in [6.45, 7) is 1.59. The van der Waals surface area contributed by atoms with Crippen LogP contribution in [0.2, 0.25) is 0 Å². The molecule has 8 heteroatoms. The molecule has 0 saturated carbocycles. The molecule has 4 rings (SSSR count). The molecule has 1 unspecified atom stereocenters. The summed E-state index contributed by atoms with van der Waals surface area (Å²) in [4.78, 5) is 19.2. The molecule has 1 atom stereocenters. The average molecular weight is 454 g/mol. The number of aromatic nitrogens is 2. The molecule has 1 aromatic heterocycles. The second-order valence-electron chi connectivity index (χ2n) is 8.13. The van der Waals surface area contributed by atoms with Gasteiger partial charge in [-0.2, -0.15) is 4.98 Å². The fraction of sp³-hybridized carbons (Fsp3) is 0.400. The van der Waals surface area contributed by atoms with Crippen molar-refractivity contribution in [3.8, 4) is 17.1 Å². The summed E-state index contributed by atoms with van der Waals surface area (Å²) in [5, 5.41) is 4.03. The van der Waals surface area contributed by atoms with E-state index in [1.54, 1.807) is 18.1 Å². The van der Waals surface area contributed by atoms with E-state index in [-0.39, 0.29) is 17.8 Å². The molecule has 1 amide bonds. The lowest BCUT2D eigenvalue weighted by atomic mass is 10.1. The summed E-state index contributed by atoms with van der Waals surface area (Å²) in [5.74, 6) is 1.45. The molecule has 174 valence electrons. The average Bonchev–Trinajstić information content (AvgIpc) is 3.51. The Morgan fingerprint density at radius 2 is 2.09 bits per heavy atom. The fourth-order valence-corrected chi connectivity index (χ4v) is 3.91. The monoisotopic (exact) mass is 453 g/mol. The van der Waals surface area contributed by atoms with E-state index in [2.05, 4.69) is 10.1 Å². The molecule has 1 saturated heterocycles. The predicted molar refractivity (Wildman–Crippen MR) is 120 cm³/mol. The summed E-state index contributed by atoms with van der Waals surface area (Å²) < 4.78 is 29.9. The second-order valence-corrected chi connectivity index (χ2v) is 8.13. The Kier molecular flexibility index (Phi) is 7.67. The van der Waals surface area contributed by atoms with Crippen LogP contribution in [-0.4, -0.2) is 47.3 Å². The SMILES string of the molecule is COc1ccc(-c2noc(CCCC(=O)N(Cc3cccc(F)c3)CC3CCCO3)n2)cc1. The third-order valence-corrected chi connectivity index (χ3v) is 5.66. The molecule has 1 aliphatic rings. The van der Waals surface area contributed by atoms with Crippen LogP contribution < -0.4 is 4.74 Å². The molecule has 0 N–H and O–H groups in total. The number of hydrogen-bond acceptors (Lipinski definition) is 6. The maximum Gasteiger partial charge on any atom is 0.226 e. The standard InChI is InChI=1S/C25H28FN3O4/c1-31-21-12-10-19(11-13-21)25-27-23(33-28-25)8-3-9-24(30)29(17-22-7-4-14-32-22)16-18-5-2-6-20(26)15-18/h2,5-6,10-13,15,22H,3-4,7-9,14,16-17H2,1H3. The number of amides is 1. The molecule has 7 nitrogen and oxygen atoms in total. The van der Waals surface area contributed by atoms with E-state index in [1.165, 1.54) is 12.1 Å². The van der Waals surface area contributed by atoms with Gasteiger partial charge in [-0.3, -0.25) is 4.79 Å². The summed E-state index contributed by atoms with van der Waals surface area (Å²) in [6, 6.07) is 13.8. The first-order chi connectivity index (χ1) is 16.1. The third-order valence-electron chi connectivity index (χ3n) is 5.66.